The zero-order chi connectivity index (χ0) is 22.9. The Morgan fingerprint density at radius 3 is 2.39 bits per heavy atom. The summed E-state index contributed by atoms with van der Waals surface area (Å²) < 4.78 is 0. The summed E-state index contributed by atoms with van der Waals surface area (Å²) in [5.74, 6) is -0.0294. The maximum absolute atomic E-state index is 13.0. The lowest BCUT2D eigenvalue weighted by molar-refractivity contribution is -0.384. The lowest BCUT2D eigenvalue weighted by Crippen LogP contribution is -2.23. The van der Waals surface area contributed by atoms with Gasteiger partial charge in [0.15, 0.2) is 11.6 Å². The number of nitrogens with one attached hydrogen (secondary N) is 2. The molecule has 0 spiro atoms. The van der Waals surface area contributed by atoms with Gasteiger partial charge in [-0.15, -0.1) is 0 Å². The second-order valence-corrected chi connectivity index (χ2v) is 8.18. The van der Waals surface area contributed by atoms with E-state index in [1.165, 1.54) is 12.1 Å². The number of anilines is 2. The van der Waals surface area contributed by atoms with Gasteiger partial charge in [-0.3, -0.25) is 19.7 Å². The number of non-ortho nitro benzene ring substituents is 1. The van der Waals surface area contributed by atoms with Gasteiger partial charge < -0.3 is 10.6 Å². The van der Waals surface area contributed by atoms with Gasteiger partial charge in [-0.2, -0.15) is 0 Å². The second kappa shape index (κ2) is 8.35. The molecule has 1 aliphatic heterocycles. The van der Waals surface area contributed by atoms with Crippen molar-refractivity contribution < 1.29 is 14.5 Å². The molecule has 0 saturated heterocycles. The quantitative estimate of drug-likeness (QED) is 0.320. The van der Waals surface area contributed by atoms with Crippen molar-refractivity contribution in [3.8, 4) is 0 Å². The molecule has 2 aliphatic rings. The molecule has 3 aromatic carbocycles. The van der Waals surface area contributed by atoms with Crippen molar-refractivity contribution in [1.82, 2.24) is 0 Å². The fraction of sp³-hybridized carbons (Fsp3) is 0.154. The summed E-state index contributed by atoms with van der Waals surface area (Å²) in [7, 11) is 0. The van der Waals surface area contributed by atoms with E-state index in [1.807, 2.05) is 24.3 Å². The van der Waals surface area contributed by atoms with E-state index < -0.39 is 11.0 Å². The van der Waals surface area contributed by atoms with Crippen LogP contribution in [0, 0.1) is 10.1 Å². The molecule has 1 heterocycles. The van der Waals surface area contributed by atoms with Crippen LogP contribution in [-0.4, -0.2) is 16.5 Å². The Balaban J connectivity index is 1.56. The minimum Gasteiger partial charge on any atom is -0.372 e. The molecule has 1 atom stereocenters. The van der Waals surface area contributed by atoms with Crippen LogP contribution in [0.2, 0.25) is 0 Å². The Labute approximate surface area is 190 Å². The molecule has 0 bridgehead atoms. The van der Waals surface area contributed by atoms with Crippen LogP contribution in [0.4, 0.5) is 17.1 Å². The number of ketones is 2. The highest BCUT2D eigenvalue weighted by Gasteiger charge is 2.32. The fourth-order valence-electron chi connectivity index (χ4n) is 4.43. The van der Waals surface area contributed by atoms with Crippen molar-refractivity contribution in [2.75, 3.05) is 10.6 Å². The number of Topliss-reactive ketones (excluding diaryl/α,β-unsaturated/α-hetero) is 1. The van der Waals surface area contributed by atoms with Gasteiger partial charge in [-0.1, -0.05) is 30.3 Å². The maximum Gasteiger partial charge on any atom is 0.269 e. The molecule has 0 aromatic heterocycles. The number of nitro benzene ring substituents is 1. The molecule has 7 nitrogen and oxygen atoms in total. The first-order valence-corrected chi connectivity index (χ1v) is 10.8. The molecule has 7 heteroatoms. The highest BCUT2D eigenvalue weighted by molar-refractivity contribution is 6.10. The van der Waals surface area contributed by atoms with E-state index in [0.717, 1.165) is 29.1 Å². The number of hydrogen-bond donors (Lipinski definition) is 2. The van der Waals surface area contributed by atoms with Crippen molar-refractivity contribution in [3.05, 3.63) is 111 Å². The number of hydrogen-bond acceptors (Lipinski definition) is 6. The zero-order valence-electron chi connectivity index (χ0n) is 17.7. The summed E-state index contributed by atoms with van der Waals surface area (Å²) >= 11 is 0. The number of nitrogens with zero attached hydrogens (tertiary/aromatic N) is 1. The SMILES string of the molecule is O=C1CCCC2=C1[C@@H](c1ccc([N+](=O)[O-])cc1)Nc1ccc(C(=O)c3ccccc3)cc1N2. The lowest BCUT2D eigenvalue weighted by Gasteiger charge is -2.25. The third-order valence-corrected chi connectivity index (χ3v) is 6.09. The number of carbonyl (C=O) groups excluding carboxylic acids is 2. The second-order valence-electron chi connectivity index (χ2n) is 8.18. The Bertz CT molecular complexity index is 1300. The van der Waals surface area contributed by atoms with Gasteiger partial charge in [0.25, 0.3) is 5.69 Å². The fourth-order valence-corrected chi connectivity index (χ4v) is 4.43. The molecule has 0 radical (unpaired) electrons. The zero-order valence-corrected chi connectivity index (χ0v) is 17.7. The standard InChI is InChI=1S/C26H21N3O4/c30-23-8-4-7-21-24(23)25(16-9-12-19(13-10-16)29(32)33)28-20-14-11-18(15-22(20)27-21)26(31)17-5-2-1-3-6-17/h1-3,5-6,9-15,25,27-28H,4,7-8H2/t25-/m1/s1. The first-order valence-electron chi connectivity index (χ1n) is 10.8. The van der Waals surface area contributed by atoms with E-state index in [-0.39, 0.29) is 17.3 Å². The van der Waals surface area contributed by atoms with Gasteiger partial charge in [0.05, 0.1) is 22.3 Å². The van der Waals surface area contributed by atoms with E-state index in [0.29, 0.717) is 29.5 Å². The number of nitro groups is 1. The van der Waals surface area contributed by atoms with Gasteiger partial charge in [-0.05, 0) is 48.7 Å². The molecular formula is C26H21N3O4. The average molecular weight is 439 g/mol. The molecule has 0 amide bonds. The predicted octanol–water partition coefficient (Wildman–Crippen LogP) is 5.41. The van der Waals surface area contributed by atoms with Crippen molar-refractivity contribution in [1.29, 1.82) is 0 Å². The summed E-state index contributed by atoms with van der Waals surface area (Å²) in [6.45, 7) is 0. The van der Waals surface area contributed by atoms with Crippen LogP contribution in [0.25, 0.3) is 0 Å². The van der Waals surface area contributed by atoms with Gasteiger partial charge in [0.1, 0.15) is 0 Å². The number of fused-ring (bicyclic) bond motifs is 1. The summed E-state index contributed by atoms with van der Waals surface area (Å²) in [5.41, 5.74) is 4.87. The van der Waals surface area contributed by atoms with Crippen LogP contribution in [-0.2, 0) is 4.79 Å². The van der Waals surface area contributed by atoms with Crippen molar-refractivity contribution in [3.63, 3.8) is 0 Å². The first-order chi connectivity index (χ1) is 16.0. The largest absolute Gasteiger partial charge is 0.372 e. The average Bonchev–Trinajstić information content (AvgIpc) is 3.01. The van der Waals surface area contributed by atoms with Gasteiger partial charge in [0.2, 0.25) is 0 Å². The summed E-state index contributed by atoms with van der Waals surface area (Å²) in [4.78, 5) is 36.5. The molecule has 164 valence electrons. The number of carbonyl (C=O) groups is 2. The van der Waals surface area contributed by atoms with Crippen LogP contribution >= 0.6 is 0 Å². The van der Waals surface area contributed by atoms with Gasteiger partial charge in [0, 0.05) is 41.0 Å². The van der Waals surface area contributed by atoms with E-state index in [4.69, 9.17) is 0 Å². The van der Waals surface area contributed by atoms with Crippen LogP contribution in [0.3, 0.4) is 0 Å². The lowest BCUT2D eigenvalue weighted by atomic mass is 9.86. The molecule has 0 fully saturated rings. The Hall–Kier alpha value is -4.26. The third kappa shape index (κ3) is 3.89. The Kier molecular flexibility index (Phi) is 5.22. The van der Waals surface area contributed by atoms with Crippen LogP contribution < -0.4 is 10.6 Å². The molecule has 5 rings (SSSR count). The number of rotatable bonds is 4. The molecular weight excluding hydrogens is 418 g/mol. The highest BCUT2D eigenvalue weighted by Crippen LogP contribution is 2.41. The van der Waals surface area contributed by atoms with E-state index >= 15 is 0 Å². The van der Waals surface area contributed by atoms with Crippen LogP contribution in [0.5, 0.6) is 0 Å². The molecule has 1 aliphatic carbocycles. The molecule has 2 N–H and O–H groups in total. The van der Waals surface area contributed by atoms with E-state index in [9.17, 15) is 19.7 Å². The minimum absolute atomic E-state index is 0.000799. The van der Waals surface area contributed by atoms with Crippen LogP contribution in [0.1, 0.15) is 46.8 Å². The Morgan fingerprint density at radius 1 is 0.909 bits per heavy atom. The third-order valence-electron chi connectivity index (χ3n) is 6.09. The molecule has 33 heavy (non-hydrogen) atoms. The molecule has 0 saturated carbocycles. The van der Waals surface area contributed by atoms with Crippen LogP contribution in [0.15, 0.2) is 84.1 Å². The molecule has 3 aromatic rings. The van der Waals surface area contributed by atoms with Crippen molar-refractivity contribution in [2.45, 2.75) is 25.3 Å². The normalized spacial score (nSPS) is 17.2. The molecule has 0 unspecified atom stereocenters. The smallest absolute Gasteiger partial charge is 0.269 e. The van der Waals surface area contributed by atoms with Crippen molar-refractivity contribution >= 4 is 28.6 Å². The number of benzene rings is 3. The van der Waals surface area contributed by atoms with E-state index in [1.54, 1.807) is 36.4 Å². The maximum atomic E-state index is 13.0. The first kappa shape index (κ1) is 20.6. The topological polar surface area (TPSA) is 101 Å². The summed E-state index contributed by atoms with van der Waals surface area (Å²) in [5, 5.41) is 17.9. The van der Waals surface area contributed by atoms with Crippen molar-refractivity contribution in [2.24, 2.45) is 0 Å². The van der Waals surface area contributed by atoms with E-state index in [2.05, 4.69) is 10.6 Å². The van der Waals surface area contributed by atoms with Gasteiger partial charge >= 0.3 is 0 Å². The van der Waals surface area contributed by atoms with Gasteiger partial charge in [-0.25, -0.2) is 0 Å². The predicted molar refractivity (Wildman–Crippen MR) is 125 cm³/mol. The number of allylic oxidation sites excluding steroid dienone is 1. The minimum atomic E-state index is -0.446. The monoisotopic (exact) mass is 439 g/mol. The summed E-state index contributed by atoms with van der Waals surface area (Å²) in [6.07, 6.45) is 1.91. The Morgan fingerprint density at radius 2 is 1.67 bits per heavy atom. The summed E-state index contributed by atoms with van der Waals surface area (Å²) in [6, 6.07) is 20.3. The highest BCUT2D eigenvalue weighted by atomic mass is 16.6.